The van der Waals surface area contributed by atoms with E-state index in [2.05, 4.69) is 0 Å². The molecule has 5 nitrogen and oxygen atoms in total. The lowest BCUT2D eigenvalue weighted by atomic mass is 10.00. The van der Waals surface area contributed by atoms with Gasteiger partial charge >= 0.3 is 0 Å². The quantitative estimate of drug-likeness (QED) is 0.849. The summed E-state index contributed by atoms with van der Waals surface area (Å²) in [5, 5.41) is 0. The van der Waals surface area contributed by atoms with Gasteiger partial charge in [0.1, 0.15) is 0 Å². The number of hydrogen-bond acceptors (Lipinski definition) is 4. The maximum absolute atomic E-state index is 12.5. The molecule has 2 saturated heterocycles. The molecule has 3 fully saturated rings. The monoisotopic (exact) mass is 296 g/mol. The molecule has 0 aromatic heterocycles. The zero-order valence-electron chi connectivity index (χ0n) is 12.8. The molecule has 1 saturated carbocycles. The van der Waals surface area contributed by atoms with Gasteiger partial charge in [-0.05, 0) is 38.5 Å². The predicted octanol–water partition coefficient (Wildman–Crippen LogP) is 1.30. The van der Waals surface area contributed by atoms with Gasteiger partial charge in [0.25, 0.3) is 0 Å². The molecular formula is C16H28N2O3. The molecule has 120 valence electrons. The first kappa shape index (κ1) is 15.3. The Labute approximate surface area is 127 Å². The van der Waals surface area contributed by atoms with E-state index in [-0.39, 0.29) is 24.0 Å². The Morgan fingerprint density at radius 2 is 1.95 bits per heavy atom. The molecular weight excluding hydrogens is 268 g/mol. The van der Waals surface area contributed by atoms with Crippen LogP contribution >= 0.6 is 0 Å². The van der Waals surface area contributed by atoms with Crippen LogP contribution in [0.4, 0.5) is 0 Å². The van der Waals surface area contributed by atoms with E-state index < -0.39 is 0 Å². The average Bonchev–Trinajstić information content (AvgIpc) is 3.16. The number of amides is 1. The molecule has 1 aliphatic carbocycles. The third-order valence-electron chi connectivity index (χ3n) is 5.18. The van der Waals surface area contributed by atoms with Crippen LogP contribution in [0.15, 0.2) is 0 Å². The van der Waals surface area contributed by atoms with Crippen molar-refractivity contribution in [2.24, 2.45) is 11.7 Å². The number of nitrogens with two attached hydrogens (primary N) is 1. The standard InChI is InChI=1S/C16H28N2O3/c17-15-5-1-4-14(15)16(19)18-8-6-12(7-9-18)21-11-13-3-2-10-20-13/h12-15H,1-11,17H2/t13-,14-,15+/m0/s1. The lowest BCUT2D eigenvalue weighted by Crippen LogP contribution is -2.46. The summed E-state index contributed by atoms with van der Waals surface area (Å²) in [6.45, 7) is 3.23. The molecule has 3 aliphatic rings. The number of rotatable bonds is 4. The number of carbonyl (C=O) groups excluding carboxylic acids is 1. The largest absolute Gasteiger partial charge is 0.376 e. The summed E-state index contributed by atoms with van der Waals surface area (Å²) in [4.78, 5) is 14.5. The van der Waals surface area contributed by atoms with Gasteiger partial charge in [0.15, 0.2) is 0 Å². The zero-order chi connectivity index (χ0) is 14.7. The first-order valence-corrected chi connectivity index (χ1v) is 8.51. The fourth-order valence-corrected chi connectivity index (χ4v) is 3.79. The molecule has 0 unspecified atom stereocenters. The van der Waals surface area contributed by atoms with Crippen LogP contribution in [0, 0.1) is 5.92 Å². The fraction of sp³-hybridized carbons (Fsp3) is 0.938. The van der Waals surface area contributed by atoms with Crippen LogP contribution in [0.1, 0.15) is 44.9 Å². The smallest absolute Gasteiger partial charge is 0.227 e. The zero-order valence-corrected chi connectivity index (χ0v) is 12.8. The lowest BCUT2D eigenvalue weighted by Gasteiger charge is -2.34. The number of hydrogen-bond donors (Lipinski definition) is 1. The minimum absolute atomic E-state index is 0.0642. The van der Waals surface area contributed by atoms with Gasteiger partial charge < -0.3 is 20.1 Å². The van der Waals surface area contributed by atoms with Crippen molar-refractivity contribution in [3.63, 3.8) is 0 Å². The van der Waals surface area contributed by atoms with Gasteiger partial charge in [0.2, 0.25) is 5.91 Å². The van der Waals surface area contributed by atoms with Crippen LogP contribution in [-0.4, -0.2) is 55.4 Å². The van der Waals surface area contributed by atoms with Gasteiger partial charge in [0, 0.05) is 25.7 Å². The van der Waals surface area contributed by atoms with Crippen molar-refractivity contribution >= 4 is 5.91 Å². The van der Waals surface area contributed by atoms with E-state index >= 15 is 0 Å². The molecule has 0 spiro atoms. The van der Waals surface area contributed by atoms with E-state index in [1.165, 1.54) is 0 Å². The fourth-order valence-electron chi connectivity index (χ4n) is 3.79. The van der Waals surface area contributed by atoms with E-state index in [9.17, 15) is 4.79 Å². The Kier molecular flexibility index (Phi) is 5.14. The molecule has 0 aromatic carbocycles. The molecule has 5 heteroatoms. The molecule has 21 heavy (non-hydrogen) atoms. The van der Waals surface area contributed by atoms with Gasteiger partial charge in [0.05, 0.1) is 24.7 Å². The first-order chi connectivity index (χ1) is 10.2. The van der Waals surface area contributed by atoms with E-state index in [1.54, 1.807) is 0 Å². The number of carbonyl (C=O) groups is 1. The van der Waals surface area contributed by atoms with E-state index in [0.717, 1.165) is 64.6 Å². The maximum atomic E-state index is 12.5. The lowest BCUT2D eigenvalue weighted by molar-refractivity contribution is -0.138. The molecule has 2 aliphatic heterocycles. The number of nitrogens with zero attached hydrogens (tertiary/aromatic N) is 1. The molecule has 0 bridgehead atoms. The van der Waals surface area contributed by atoms with Crippen LogP contribution in [-0.2, 0) is 14.3 Å². The summed E-state index contributed by atoms with van der Waals surface area (Å²) in [5.74, 6) is 0.340. The van der Waals surface area contributed by atoms with Gasteiger partial charge in [-0.15, -0.1) is 0 Å². The topological polar surface area (TPSA) is 64.8 Å². The van der Waals surface area contributed by atoms with Crippen molar-refractivity contribution in [3.05, 3.63) is 0 Å². The SMILES string of the molecule is N[C@@H]1CCC[C@@H]1C(=O)N1CCC(OC[C@@H]2CCCO2)CC1. The summed E-state index contributed by atoms with van der Waals surface area (Å²) >= 11 is 0. The molecule has 3 atom stereocenters. The summed E-state index contributed by atoms with van der Waals surface area (Å²) in [5.41, 5.74) is 6.05. The van der Waals surface area contributed by atoms with E-state index in [4.69, 9.17) is 15.2 Å². The second-order valence-electron chi connectivity index (χ2n) is 6.69. The molecule has 3 rings (SSSR count). The van der Waals surface area contributed by atoms with Crippen molar-refractivity contribution in [3.8, 4) is 0 Å². The summed E-state index contributed by atoms with van der Waals surface area (Å²) in [7, 11) is 0. The highest BCUT2D eigenvalue weighted by Gasteiger charge is 2.35. The first-order valence-electron chi connectivity index (χ1n) is 8.51. The summed E-state index contributed by atoms with van der Waals surface area (Å²) in [6, 6.07) is 0.0750. The highest BCUT2D eigenvalue weighted by molar-refractivity contribution is 5.80. The number of ether oxygens (including phenoxy) is 2. The summed E-state index contributed by atoms with van der Waals surface area (Å²) < 4.78 is 11.5. The Morgan fingerprint density at radius 3 is 2.57 bits per heavy atom. The summed E-state index contributed by atoms with van der Waals surface area (Å²) in [6.07, 6.45) is 7.81. The van der Waals surface area contributed by atoms with Crippen molar-refractivity contribution in [1.82, 2.24) is 4.90 Å². The van der Waals surface area contributed by atoms with Crippen molar-refractivity contribution in [2.75, 3.05) is 26.3 Å². The van der Waals surface area contributed by atoms with Gasteiger partial charge in [-0.1, -0.05) is 6.42 Å². The minimum atomic E-state index is 0.0642. The molecule has 0 aromatic rings. The van der Waals surface area contributed by atoms with Crippen LogP contribution in [0.5, 0.6) is 0 Å². The van der Waals surface area contributed by atoms with Gasteiger partial charge in [-0.25, -0.2) is 0 Å². The molecule has 2 N–H and O–H groups in total. The number of likely N-dealkylation sites (tertiary alicyclic amines) is 1. The van der Waals surface area contributed by atoms with Crippen LogP contribution < -0.4 is 5.73 Å². The Bertz CT molecular complexity index is 349. The maximum Gasteiger partial charge on any atom is 0.227 e. The second kappa shape index (κ2) is 7.07. The normalized spacial score (nSPS) is 34.5. The minimum Gasteiger partial charge on any atom is -0.376 e. The highest BCUT2D eigenvalue weighted by Crippen LogP contribution is 2.27. The third kappa shape index (κ3) is 3.76. The van der Waals surface area contributed by atoms with Crippen LogP contribution in [0.25, 0.3) is 0 Å². The van der Waals surface area contributed by atoms with Crippen molar-refractivity contribution in [1.29, 1.82) is 0 Å². The highest BCUT2D eigenvalue weighted by atomic mass is 16.5. The van der Waals surface area contributed by atoms with E-state index in [1.807, 2.05) is 4.90 Å². The number of piperidine rings is 1. The van der Waals surface area contributed by atoms with Crippen LogP contribution in [0.2, 0.25) is 0 Å². The van der Waals surface area contributed by atoms with E-state index in [0.29, 0.717) is 12.7 Å². The molecule has 0 radical (unpaired) electrons. The Hall–Kier alpha value is -0.650. The van der Waals surface area contributed by atoms with Gasteiger partial charge in [-0.3, -0.25) is 4.79 Å². The van der Waals surface area contributed by atoms with Gasteiger partial charge in [-0.2, -0.15) is 0 Å². The third-order valence-corrected chi connectivity index (χ3v) is 5.18. The second-order valence-corrected chi connectivity index (χ2v) is 6.69. The predicted molar refractivity (Wildman–Crippen MR) is 79.8 cm³/mol. The van der Waals surface area contributed by atoms with Crippen molar-refractivity contribution < 1.29 is 14.3 Å². The Morgan fingerprint density at radius 1 is 1.14 bits per heavy atom. The molecule has 1 amide bonds. The average molecular weight is 296 g/mol. The van der Waals surface area contributed by atoms with Crippen LogP contribution in [0.3, 0.4) is 0 Å². The Balaban J connectivity index is 1.39. The van der Waals surface area contributed by atoms with Crippen molar-refractivity contribution in [2.45, 2.75) is 63.2 Å². The molecule has 2 heterocycles.